The molecule has 0 aromatic rings. The highest BCUT2D eigenvalue weighted by Crippen LogP contribution is 2.71. The quantitative estimate of drug-likeness (QED) is 0.272. The number of hydrogen-bond acceptors (Lipinski definition) is 1. The maximum absolute atomic E-state index is 10.5. The van der Waals surface area contributed by atoms with Crippen LogP contribution >= 0.6 is 31.9 Å². The van der Waals surface area contributed by atoms with Gasteiger partial charge in [-0.3, -0.25) is 0 Å². The molecule has 0 aliphatic heterocycles. The fourth-order valence-electron chi connectivity index (χ4n) is 8.72. The van der Waals surface area contributed by atoms with Gasteiger partial charge in [0.25, 0.3) is 0 Å². The molecule has 1 N–H and O–H groups in total. The Labute approximate surface area is 202 Å². The van der Waals surface area contributed by atoms with E-state index in [0.717, 1.165) is 48.3 Å². The van der Waals surface area contributed by atoms with Crippen LogP contribution in [0.5, 0.6) is 0 Å². The number of aliphatic hydroxyl groups is 1. The molecule has 8 atom stereocenters. The third-order valence-electron chi connectivity index (χ3n) is 10.4. The van der Waals surface area contributed by atoms with Crippen molar-refractivity contribution in [2.45, 2.75) is 108 Å². The summed E-state index contributed by atoms with van der Waals surface area (Å²) in [6.07, 6.45) is 15.1. The van der Waals surface area contributed by atoms with Crippen molar-refractivity contribution in [1.29, 1.82) is 0 Å². The molecule has 1 nitrogen and oxygen atoms in total. The third-order valence-corrected chi connectivity index (χ3v) is 12.7. The van der Waals surface area contributed by atoms with Crippen LogP contribution in [0.3, 0.4) is 0 Å². The molecule has 4 aliphatic carbocycles. The lowest BCUT2D eigenvalue weighted by atomic mass is 9.47. The fraction of sp³-hybridized carbons (Fsp3) is 0.926. The molecule has 0 radical (unpaired) electrons. The first-order valence-corrected chi connectivity index (χ1v) is 14.3. The van der Waals surface area contributed by atoms with Crippen molar-refractivity contribution in [1.82, 2.24) is 0 Å². The number of allylic oxidation sites excluding steroid dienone is 1. The Morgan fingerprint density at radius 2 is 1.80 bits per heavy atom. The first-order chi connectivity index (χ1) is 14.0. The Hall–Kier alpha value is 0.660. The molecule has 0 bridgehead atoms. The largest absolute Gasteiger partial charge is 0.393 e. The van der Waals surface area contributed by atoms with Crippen molar-refractivity contribution in [2.24, 2.45) is 46.3 Å². The standard InChI is InChI=1S/C27H44Br2O/c1-17(2)7-6-8-18(3)22-11-12-23-21-10-9-19-15-20(30)16-27(28,29)26(19,5)24(21)13-14-25(22,23)4/h9,17-18,20-24,30H,6-8,10-16H2,1-5H3/t18-,20+,21+,22-,23+,24+,25-,26+/m1/s1. The number of alkyl halides is 2. The number of halogens is 2. The molecule has 4 aliphatic rings. The monoisotopic (exact) mass is 542 g/mol. The summed E-state index contributed by atoms with van der Waals surface area (Å²) in [6.45, 7) is 12.5. The minimum Gasteiger partial charge on any atom is -0.393 e. The molecule has 3 saturated carbocycles. The highest BCUT2D eigenvalue weighted by molar-refractivity contribution is 9.25. The maximum Gasteiger partial charge on any atom is 0.0923 e. The van der Waals surface area contributed by atoms with Crippen LogP contribution in [0.1, 0.15) is 98.8 Å². The molecule has 0 spiro atoms. The van der Waals surface area contributed by atoms with E-state index in [2.05, 4.69) is 72.6 Å². The second kappa shape index (κ2) is 8.46. The van der Waals surface area contributed by atoms with E-state index in [1.165, 1.54) is 56.9 Å². The van der Waals surface area contributed by atoms with Crippen LogP contribution in [-0.2, 0) is 0 Å². The van der Waals surface area contributed by atoms with Crippen molar-refractivity contribution in [3.63, 3.8) is 0 Å². The molecule has 3 fully saturated rings. The average molecular weight is 544 g/mol. The second-order valence-corrected chi connectivity index (χ2v) is 16.1. The smallest absolute Gasteiger partial charge is 0.0923 e. The van der Waals surface area contributed by atoms with Gasteiger partial charge in [0.15, 0.2) is 0 Å². The highest BCUT2D eigenvalue weighted by atomic mass is 79.9. The predicted octanol–water partition coefficient (Wildman–Crippen LogP) is 8.48. The zero-order chi connectivity index (χ0) is 21.9. The Morgan fingerprint density at radius 1 is 1.07 bits per heavy atom. The lowest BCUT2D eigenvalue weighted by molar-refractivity contribution is -0.0571. The summed E-state index contributed by atoms with van der Waals surface area (Å²) in [4.78, 5) is 0. The molecule has 30 heavy (non-hydrogen) atoms. The van der Waals surface area contributed by atoms with Gasteiger partial charge in [0.05, 0.1) is 9.34 Å². The molecule has 0 saturated heterocycles. The van der Waals surface area contributed by atoms with E-state index < -0.39 is 0 Å². The van der Waals surface area contributed by atoms with E-state index in [-0.39, 0.29) is 14.8 Å². The zero-order valence-corrected chi connectivity index (χ0v) is 23.1. The topological polar surface area (TPSA) is 20.2 Å². The van der Waals surface area contributed by atoms with E-state index in [0.29, 0.717) is 5.41 Å². The minimum atomic E-state index is -0.226. The summed E-state index contributed by atoms with van der Waals surface area (Å²) in [6, 6.07) is 0. The molecular formula is C27H44Br2O. The summed E-state index contributed by atoms with van der Waals surface area (Å²) in [7, 11) is 0. The number of hydrogen-bond donors (Lipinski definition) is 1. The van der Waals surface area contributed by atoms with E-state index >= 15 is 0 Å². The van der Waals surface area contributed by atoms with E-state index in [4.69, 9.17) is 0 Å². The van der Waals surface area contributed by atoms with Gasteiger partial charge in [-0.1, -0.05) is 97.4 Å². The molecule has 0 unspecified atom stereocenters. The first kappa shape index (κ1) is 23.8. The predicted molar refractivity (Wildman–Crippen MR) is 135 cm³/mol. The van der Waals surface area contributed by atoms with Gasteiger partial charge < -0.3 is 5.11 Å². The molecule has 172 valence electrons. The molecule has 0 heterocycles. The van der Waals surface area contributed by atoms with Crippen LogP contribution in [0.15, 0.2) is 11.6 Å². The zero-order valence-electron chi connectivity index (χ0n) is 19.9. The van der Waals surface area contributed by atoms with E-state index in [9.17, 15) is 5.11 Å². The van der Waals surface area contributed by atoms with E-state index in [1.807, 2.05) is 0 Å². The lowest BCUT2D eigenvalue weighted by Gasteiger charge is -2.62. The fourth-order valence-corrected chi connectivity index (χ4v) is 10.6. The maximum atomic E-state index is 10.5. The third kappa shape index (κ3) is 3.73. The average Bonchev–Trinajstić information content (AvgIpc) is 2.99. The van der Waals surface area contributed by atoms with Gasteiger partial charge in [-0.2, -0.15) is 0 Å². The summed E-state index contributed by atoms with van der Waals surface area (Å²) >= 11 is 8.14. The van der Waals surface area contributed by atoms with Crippen LogP contribution in [0.4, 0.5) is 0 Å². The van der Waals surface area contributed by atoms with Gasteiger partial charge >= 0.3 is 0 Å². The van der Waals surface area contributed by atoms with Crippen LogP contribution < -0.4 is 0 Å². The van der Waals surface area contributed by atoms with Crippen LogP contribution in [-0.4, -0.2) is 14.4 Å². The van der Waals surface area contributed by atoms with Gasteiger partial charge in [-0.25, -0.2) is 0 Å². The molecule has 0 aromatic heterocycles. The number of rotatable bonds is 5. The molecule has 3 heteroatoms. The van der Waals surface area contributed by atoms with Gasteiger partial charge in [0.1, 0.15) is 0 Å². The summed E-state index contributed by atoms with van der Waals surface area (Å²) in [5.41, 5.74) is 2.17. The Balaban J connectivity index is 1.55. The molecule has 0 aromatic carbocycles. The van der Waals surface area contributed by atoms with Crippen molar-refractivity contribution in [3.05, 3.63) is 11.6 Å². The van der Waals surface area contributed by atoms with Crippen molar-refractivity contribution >= 4 is 31.9 Å². The second-order valence-electron chi connectivity index (χ2n) is 12.3. The Morgan fingerprint density at radius 3 is 2.50 bits per heavy atom. The van der Waals surface area contributed by atoms with E-state index in [1.54, 1.807) is 0 Å². The van der Waals surface area contributed by atoms with Crippen molar-refractivity contribution in [3.8, 4) is 0 Å². The summed E-state index contributed by atoms with van der Waals surface area (Å²) in [5.74, 6) is 5.06. The SMILES string of the molecule is CC(C)CCC[C@@H](C)[C@H]1CC[C@H]2[C@@H]3CC=C4C[C@H](O)CC(Br)(Br)[C@]4(C)[C@H]3CC[C@]12C. The summed E-state index contributed by atoms with van der Waals surface area (Å²) in [5, 5.41) is 10.5. The van der Waals surface area contributed by atoms with Gasteiger partial charge in [0, 0.05) is 5.41 Å². The van der Waals surface area contributed by atoms with Gasteiger partial charge in [-0.05, 0) is 85.9 Å². The highest BCUT2D eigenvalue weighted by Gasteiger charge is 2.64. The lowest BCUT2D eigenvalue weighted by Crippen LogP contribution is -2.57. The first-order valence-electron chi connectivity index (χ1n) is 12.8. The van der Waals surface area contributed by atoms with Crippen LogP contribution in [0.25, 0.3) is 0 Å². The number of fused-ring (bicyclic) bond motifs is 5. The molecular weight excluding hydrogens is 500 g/mol. The summed E-state index contributed by atoms with van der Waals surface area (Å²) < 4.78 is -0.171. The Bertz CT molecular complexity index is 670. The van der Waals surface area contributed by atoms with Crippen LogP contribution in [0, 0.1) is 46.3 Å². The Kier molecular flexibility index (Phi) is 6.71. The molecule has 0 amide bonds. The minimum absolute atomic E-state index is 0.122. The van der Waals surface area contributed by atoms with Crippen molar-refractivity contribution in [2.75, 3.05) is 0 Å². The normalized spacial score (nSPS) is 46.0. The van der Waals surface area contributed by atoms with Crippen molar-refractivity contribution < 1.29 is 5.11 Å². The van der Waals surface area contributed by atoms with Gasteiger partial charge in [-0.15, -0.1) is 0 Å². The van der Waals surface area contributed by atoms with Crippen LogP contribution in [0.2, 0.25) is 0 Å². The number of aliphatic hydroxyl groups excluding tert-OH is 1. The molecule has 4 rings (SSSR count). The van der Waals surface area contributed by atoms with Gasteiger partial charge in [0.2, 0.25) is 0 Å².